The van der Waals surface area contributed by atoms with Crippen molar-refractivity contribution in [2.24, 2.45) is 0 Å². The molecule has 4 aliphatic rings. The van der Waals surface area contributed by atoms with Crippen molar-refractivity contribution in [1.82, 2.24) is 34.1 Å². The van der Waals surface area contributed by atoms with Crippen LogP contribution in [-0.2, 0) is 49.7 Å². The van der Waals surface area contributed by atoms with Crippen LogP contribution in [-0.4, -0.2) is 106 Å². The van der Waals surface area contributed by atoms with E-state index in [1.54, 1.807) is 4.57 Å². The van der Waals surface area contributed by atoms with E-state index in [1.165, 1.54) is 17.2 Å². The molecule has 10 atom stereocenters. The van der Waals surface area contributed by atoms with Gasteiger partial charge in [0.15, 0.2) is 29.7 Å². The zero-order chi connectivity index (χ0) is 34.2. The highest BCUT2D eigenvalue weighted by Gasteiger charge is 2.53. The number of thiol groups is 2. The van der Waals surface area contributed by atoms with Crippen LogP contribution in [0.4, 0.5) is 11.6 Å². The summed E-state index contributed by atoms with van der Waals surface area (Å²) >= 11 is 8.30. The van der Waals surface area contributed by atoms with Gasteiger partial charge in [0.25, 0.3) is 0 Å². The molecule has 4 aromatic heterocycles. The van der Waals surface area contributed by atoms with Crippen molar-refractivity contribution in [1.29, 1.82) is 0 Å². The van der Waals surface area contributed by atoms with Crippen LogP contribution in [0.3, 0.4) is 0 Å². The fourth-order valence-corrected chi connectivity index (χ4v) is 9.47. The van der Waals surface area contributed by atoms with Crippen LogP contribution < -0.4 is 11.1 Å². The third-order valence-electron chi connectivity index (χ3n) is 8.72. The molecule has 0 radical (unpaired) electrons. The molecule has 0 saturated carbocycles. The number of rotatable bonds is 3. The third-order valence-corrected chi connectivity index (χ3v) is 12.0. The van der Waals surface area contributed by atoms with Crippen LogP contribution in [0.2, 0.25) is 0 Å². The number of hydrogen-bond donors (Lipinski definition) is 7. The second kappa shape index (κ2) is 12.7. The molecule has 0 amide bonds. The molecule has 8 rings (SSSR count). The van der Waals surface area contributed by atoms with Crippen molar-refractivity contribution < 1.29 is 52.0 Å². The Morgan fingerprint density at radius 2 is 1.67 bits per heavy atom. The van der Waals surface area contributed by atoms with E-state index in [9.17, 15) is 24.4 Å². The quantitative estimate of drug-likeness (QED) is 0.114. The van der Waals surface area contributed by atoms with Crippen molar-refractivity contribution >= 4 is 71.9 Å². The van der Waals surface area contributed by atoms with Gasteiger partial charge in [-0.1, -0.05) is 24.5 Å². The molecular formula is C25H31N9O11P2S2. The first-order valence-electron chi connectivity index (χ1n) is 15.1. The molecule has 2 bridgehead atoms. The fraction of sp³-hybridized carbons (Fsp3) is 0.560. The van der Waals surface area contributed by atoms with Gasteiger partial charge in [-0.25, -0.2) is 34.0 Å². The normalized spacial score (nSPS) is 36.8. The number of aromatic nitrogens is 7. The Balaban J connectivity index is 1.11. The predicted octanol–water partition coefficient (Wildman–Crippen LogP) is 1.11. The minimum Gasteiger partial charge on any atom is -0.388 e. The maximum Gasteiger partial charge on any atom is 0.386 e. The van der Waals surface area contributed by atoms with Gasteiger partial charge in [-0.3, -0.25) is 22.7 Å². The number of aryl methyl sites for hydroxylation is 1. The van der Waals surface area contributed by atoms with Crippen molar-refractivity contribution in [3.8, 4) is 0 Å². The van der Waals surface area contributed by atoms with Crippen molar-refractivity contribution in [3.63, 3.8) is 0 Å². The Morgan fingerprint density at radius 1 is 0.939 bits per heavy atom. The number of fused-ring (bicyclic) bond motifs is 4. The lowest BCUT2D eigenvalue weighted by Gasteiger charge is -2.26. The zero-order valence-corrected chi connectivity index (χ0v) is 28.8. The largest absolute Gasteiger partial charge is 0.388 e. The average molecular weight is 760 g/mol. The third kappa shape index (κ3) is 6.05. The molecule has 49 heavy (non-hydrogen) atoms. The van der Waals surface area contributed by atoms with Gasteiger partial charge in [-0.05, 0) is 18.4 Å². The second-order valence-corrected chi connectivity index (χ2v) is 17.6. The standard InChI is InChI=1S/C25H31N9O11P2S2/c26-20-15-23(32-13(5-35)31-20)34(9-30-15)25-19-16(36)11(42-25)6-40-46(38,48)44-18-12(7-41-47(39,49)45-19)43-24(17(18)37)33-4-10-2-1-3-27-21-14(10)22(33)29-8-28-21/h4,8-9,11-12,16-19,24-25,35-37H,1-3,5-7H2,(H,38,48)(H,39,49)(H2,26,31,32)(H,27,28,29)/t11-,12-,16-,17-,18-,19-,24-,25-,46?,47?/m1/s1. The van der Waals surface area contributed by atoms with Crippen molar-refractivity contribution in [2.45, 2.75) is 68.5 Å². The van der Waals surface area contributed by atoms with Crippen LogP contribution >= 0.6 is 38.1 Å². The molecule has 0 aliphatic carbocycles. The van der Waals surface area contributed by atoms with Crippen molar-refractivity contribution in [2.75, 3.05) is 30.8 Å². The highest BCUT2D eigenvalue weighted by atomic mass is 32.7. The predicted molar refractivity (Wildman–Crippen MR) is 175 cm³/mol. The van der Waals surface area contributed by atoms with Gasteiger partial charge in [0.1, 0.15) is 66.5 Å². The van der Waals surface area contributed by atoms with Gasteiger partial charge < -0.3 is 40.4 Å². The van der Waals surface area contributed by atoms with E-state index < -0.39 is 82.5 Å². The number of anilines is 2. The summed E-state index contributed by atoms with van der Waals surface area (Å²) in [6.07, 6.45) is -4.58. The Labute approximate surface area is 287 Å². The number of nitrogens with two attached hydrogens (primary N) is 1. The van der Waals surface area contributed by atoms with Crippen LogP contribution in [0.1, 0.15) is 30.3 Å². The Morgan fingerprint density at radius 3 is 2.45 bits per heavy atom. The SMILES string of the molecule is Nc1nc(CO)nc2c1ncn2[C@@H]1O[C@@H]2COP(=O)(S)O[C@H]3[C@@H](O)[C@H](n4cc5c6c(ncnc64)NCCC5)O[C@@H]3COP(=O)(S)O[C@@H]1[C@@H]2O. The van der Waals surface area contributed by atoms with Gasteiger partial charge in [0.05, 0.1) is 24.9 Å². The number of hydrogen-bond acceptors (Lipinski definition) is 18. The van der Waals surface area contributed by atoms with E-state index >= 15 is 0 Å². The van der Waals surface area contributed by atoms with E-state index in [-0.39, 0.29) is 22.8 Å². The summed E-state index contributed by atoms with van der Waals surface area (Å²) in [6.45, 7) is -9.53. The topological polar surface area (TPSA) is 263 Å². The first kappa shape index (κ1) is 33.7. The number of nitrogens with zero attached hydrogens (tertiary/aromatic N) is 7. The van der Waals surface area contributed by atoms with Crippen LogP contribution in [0.15, 0.2) is 18.9 Å². The monoisotopic (exact) mass is 759 g/mol. The smallest absolute Gasteiger partial charge is 0.386 e. The van der Waals surface area contributed by atoms with Crippen LogP contribution in [0.5, 0.6) is 0 Å². The Hall–Kier alpha value is -2.43. The Bertz CT molecular complexity index is 2020. The molecule has 0 aromatic carbocycles. The minimum atomic E-state index is -4.35. The molecule has 3 fully saturated rings. The molecule has 264 valence electrons. The molecule has 24 heteroatoms. The summed E-state index contributed by atoms with van der Waals surface area (Å²) in [7, 11) is 0. The minimum absolute atomic E-state index is 0.00957. The van der Waals surface area contributed by atoms with Gasteiger partial charge in [-0.2, -0.15) is 0 Å². The number of imidazole rings is 1. The Kier molecular flexibility index (Phi) is 8.70. The molecule has 20 nitrogen and oxygen atoms in total. The number of ether oxygens (including phenoxy) is 2. The molecular weight excluding hydrogens is 728 g/mol. The van der Waals surface area contributed by atoms with Gasteiger partial charge in [-0.15, -0.1) is 0 Å². The molecule has 4 aromatic rings. The van der Waals surface area contributed by atoms with Gasteiger partial charge in [0.2, 0.25) is 0 Å². The van der Waals surface area contributed by atoms with Gasteiger partial charge >= 0.3 is 13.6 Å². The number of nitrogen functional groups attached to an aromatic ring is 1. The fourth-order valence-electron chi connectivity index (χ4n) is 6.52. The van der Waals surface area contributed by atoms with Crippen molar-refractivity contribution in [3.05, 3.63) is 30.2 Å². The van der Waals surface area contributed by atoms with E-state index in [4.69, 9.17) is 33.3 Å². The lowest BCUT2D eigenvalue weighted by atomic mass is 10.1. The molecule has 0 spiro atoms. The first-order valence-corrected chi connectivity index (χ1v) is 20.5. The molecule has 4 aliphatic heterocycles. The number of aliphatic hydroxyl groups excluding tert-OH is 3. The summed E-state index contributed by atoms with van der Waals surface area (Å²) < 4.78 is 65.3. The molecule has 6 N–H and O–H groups in total. The molecule has 2 unspecified atom stereocenters. The summed E-state index contributed by atoms with van der Waals surface area (Å²) in [5, 5.41) is 36.5. The maximum absolute atomic E-state index is 13.7. The average Bonchev–Trinajstić information content (AvgIpc) is 3.77. The highest BCUT2D eigenvalue weighted by Crippen LogP contribution is 2.60. The second-order valence-electron chi connectivity index (χ2n) is 11.8. The summed E-state index contributed by atoms with van der Waals surface area (Å²) in [5.41, 5.74) is 7.70. The zero-order valence-electron chi connectivity index (χ0n) is 25.2. The summed E-state index contributed by atoms with van der Waals surface area (Å²) in [6, 6.07) is 0. The first-order chi connectivity index (χ1) is 23.4. The van der Waals surface area contributed by atoms with E-state index in [0.29, 0.717) is 11.5 Å². The van der Waals surface area contributed by atoms with E-state index in [2.05, 4.69) is 54.7 Å². The van der Waals surface area contributed by atoms with E-state index in [1.807, 2.05) is 6.20 Å². The number of aliphatic hydroxyl groups is 3. The summed E-state index contributed by atoms with van der Waals surface area (Å²) in [4.78, 5) is 21.2. The van der Waals surface area contributed by atoms with E-state index in [0.717, 1.165) is 30.3 Å². The van der Waals surface area contributed by atoms with Gasteiger partial charge in [0, 0.05) is 12.7 Å². The number of nitrogens with one attached hydrogen (secondary N) is 1. The molecule has 8 heterocycles. The maximum atomic E-state index is 13.7. The summed E-state index contributed by atoms with van der Waals surface area (Å²) in [5.74, 6) is 0.619. The lowest BCUT2D eigenvalue weighted by molar-refractivity contribution is -0.0574. The molecule has 3 saturated heterocycles. The lowest BCUT2D eigenvalue weighted by Crippen LogP contribution is -2.35. The van der Waals surface area contributed by atoms with Crippen LogP contribution in [0, 0.1) is 0 Å². The highest BCUT2D eigenvalue weighted by molar-refractivity contribution is 8.44. The van der Waals surface area contributed by atoms with Crippen LogP contribution in [0.25, 0.3) is 22.2 Å².